The van der Waals surface area contributed by atoms with Gasteiger partial charge < -0.3 is 24.3 Å². The van der Waals surface area contributed by atoms with Gasteiger partial charge in [0.05, 0.1) is 17.9 Å². The summed E-state index contributed by atoms with van der Waals surface area (Å²) in [7, 11) is 1.55. The number of carbonyl (C=O) groups excluding carboxylic acids is 1. The van der Waals surface area contributed by atoms with Gasteiger partial charge in [0.1, 0.15) is 31.4 Å². The molecule has 0 atom stereocenters. The van der Waals surface area contributed by atoms with E-state index in [0.717, 1.165) is 0 Å². The van der Waals surface area contributed by atoms with E-state index in [1.807, 2.05) is 0 Å². The maximum atomic E-state index is 13.6. The smallest absolute Gasteiger partial charge is 0.259 e. The summed E-state index contributed by atoms with van der Waals surface area (Å²) in [5.41, 5.74) is 0.541. The zero-order valence-electron chi connectivity index (χ0n) is 13.7. The normalized spacial score (nSPS) is 12.6. The minimum absolute atomic E-state index is 0.232. The molecule has 0 fully saturated rings. The van der Waals surface area contributed by atoms with Crippen LogP contribution in [-0.2, 0) is 4.74 Å². The molecule has 0 aliphatic carbocycles. The van der Waals surface area contributed by atoms with Crippen LogP contribution in [0.2, 0.25) is 0 Å². The van der Waals surface area contributed by atoms with Crippen molar-refractivity contribution in [2.24, 2.45) is 0 Å². The molecule has 7 heteroatoms. The van der Waals surface area contributed by atoms with Crippen molar-refractivity contribution in [1.82, 2.24) is 0 Å². The Labute approximate surface area is 144 Å². The number of benzene rings is 2. The minimum Gasteiger partial charge on any atom is -0.489 e. The van der Waals surface area contributed by atoms with Gasteiger partial charge in [0.25, 0.3) is 5.91 Å². The van der Waals surface area contributed by atoms with Gasteiger partial charge in [0.15, 0.2) is 11.5 Å². The van der Waals surface area contributed by atoms with Gasteiger partial charge in [-0.3, -0.25) is 4.79 Å². The quantitative estimate of drug-likeness (QED) is 0.814. The Balaban J connectivity index is 1.82. The number of carbonyl (C=O) groups is 1. The molecule has 1 N–H and O–H groups in total. The highest BCUT2D eigenvalue weighted by molar-refractivity contribution is 6.07. The first-order chi connectivity index (χ1) is 12.2. The van der Waals surface area contributed by atoms with E-state index in [-0.39, 0.29) is 12.3 Å². The SMILES string of the molecule is COCCOc1ccc(F)cc1NC(=O)c1cccc2c1OCCO2. The first-order valence-electron chi connectivity index (χ1n) is 7.80. The van der Waals surface area contributed by atoms with Gasteiger partial charge in [0, 0.05) is 13.2 Å². The highest BCUT2D eigenvalue weighted by Gasteiger charge is 2.21. The fourth-order valence-electron chi connectivity index (χ4n) is 2.40. The number of rotatable bonds is 6. The van der Waals surface area contributed by atoms with E-state index in [9.17, 15) is 9.18 Å². The molecular weight excluding hydrogens is 329 g/mol. The van der Waals surface area contributed by atoms with Gasteiger partial charge in [-0.1, -0.05) is 6.07 Å². The molecular formula is C18H18FNO5. The zero-order chi connectivity index (χ0) is 17.6. The fraction of sp³-hybridized carbons (Fsp3) is 0.278. The Hall–Kier alpha value is -2.80. The molecule has 25 heavy (non-hydrogen) atoms. The lowest BCUT2D eigenvalue weighted by atomic mass is 10.1. The number of anilines is 1. The third-order valence-corrected chi connectivity index (χ3v) is 3.55. The highest BCUT2D eigenvalue weighted by Crippen LogP contribution is 2.34. The lowest BCUT2D eigenvalue weighted by Crippen LogP contribution is -2.20. The number of para-hydroxylation sites is 1. The minimum atomic E-state index is -0.482. The molecule has 1 aliphatic rings. The molecule has 0 saturated carbocycles. The summed E-state index contributed by atoms with van der Waals surface area (Å²) in [6.45, 7) is 1.45. The van der Waals surface area contributed by atoms with Crippen molar-refractivity contribution in [3.05, 3.63) is 47.8 Å². The zero-order valence-corrected chi connectivity index (χ0v) is 13.7. The van der Waals surface area contributed by atoms with E-state index in [1.165, 1.54) is 18.2 Å². The summed E-state index contributed by atoms with van der Waals surface area (Å²) < 4.78 is 35.0. The Morgan fingerprint density at radius 2 is 2.04 bits per heavy atom. The monoisotopic (exact) mass is 347 g/mol. The van der Waals surface area contributed by atoms with Gasteiger partial charge in [0.2, 0.25) is 0 Å². The Kier molecular flexibility index (Phi) is 5.35. The summed E-state index contributed by atoms with van der Waals surface area (Å²) in [5.74, 6) is 0.321. The molecule has 2 aromatic rings. The molecule has 0 bridgehead atoms. The maximum absolute atomic E-state index is 13.6. The lowest BCUT2D eigenvalue weighted by Gasteiger charge is -2.20. The number of halogens is 1. The molecule has 2 aromatic carbocycles. The Morgan fingerprint density at radius 3 is 2.88 bits per heavy atom. The summed E-state index contributed by atoms with van der Waals surface area (Å²) >= 11 is 0. The molecule has 0 spiro atoms. The van der Waals surface area contributed by atoms with Gasteiger partial charge >= 0.3 is 0 Å². The van der Waals surface area contributed by atoms with Crippen molar-refractivity contribution in [3.8, 4) is 17.2 Å². The van der Waals surface area contributed by atoms with Crippen LogP contribution in [0.5, 0.6) is 17.2 Å². The van der Waals surface area contributed by atoms with Crippen molar-refractivity contribution < 1.29 is 28.1 Å². The van der Waals surface area contributed by atoms with Crippen LogP contribution in [0.15, 0.2) is 36.4 Å². The first-order valence-corrected chi connectivity index (χ1v) is 7.80. The average molecular weight is 347 g/mol. The molecule has 0 radical (unpaired) electrons. The topological polar surface area (TPSA) is 66.0 Å². The largest absolute Gasteiger partial charge is 0.489 e. The van der Waals surface area contributed by atoms with E-state index >= 15 is 0 Å². The fourth-order valence-corrected chi connectivity index (χ4v) is 2.40. The molecule has 6 nitrogen and oxygen atoms in total. The Bertz CT molecular complexity index is 765. The Morgan fingerprint density at radius 1 is 1.20 bits per heavy atom. The number of hydrogen-bond donors (Lipinski definition) is 1. The molecule has 132 valence electrons. The number of nitrogens with one attached hydrogen (secondary N) is 1. The van der Waals surface area contributed by atoms with Crippen LogP contribution in [0.3, 0.4) is 0 Å². The number of ether oxygens (including phenoxy) is 4. The highest BCUT2D eigenvalue weighted by atomic mass is 19.1. The second-order valence-electron chi connectivity index (χ2n) is 5.27. The van der Waals surface area contributed by atoms with Crippen LogP contribution in [0, 0.1) is 5.82 Å². The number of fused-ring (bicyclic) bond motifs is 1. The first kappa shape index (κ1) is 17.0. The molecule has 0 aromatic heterocycles. The van der Waals surface area contributed by atoms with Crippen LogP contribution >= 0.6 is 0 Å². The summed E-state index contributed by atoms with van der Waals surface area (Å²) in [5, 5.41) is 2.66. The van der Waals surface area contributed by atoms with Crippen LogP contribution in [0.25, 0.3) is 0 Å². The van der Waals surface area contributed by atoms with Crippen LogP contribution < -0.4 is 19.5 Å². The van der Waals surface area contributed by atoms with E-state index in [1.54, 1.807) is 25.3 Å². The van der Waals surface area contributed by atoms with E-state index < -0.39 is 11.7 Å². The van der Waals surface area contributed by atoms with Crippen LogP contribution in [0.1, 0.15) is 10.4 Å². The molecule has 0 unspecified atom stereocenters. The number of methoxy groups -OCH3 is 1. The van der Waals surface area contributed by atoms with Gasteiger partial charge in [-0.25, -0.2) is 4.39 Å². The van der Waals surface area contributed by atoms with Crippen molar-refractivity contribution in [2.75, 3.05) is 38.9 Å². The van der Waals surface area contributed by atoms with Crippen molar-refractivity contribution in [3.63, 3.8) is 0 Å². The average Bonchev–Trinajstić information content (AvgIpc) is 2.63. The summed E-state index contributed by atoms with van der Waals surface area (Å²) in [4.78, 5) is 12.6. The third-order valence-electron chi connectivity index (χ3n) is 3.55. The molecule has 3 rings (SSSR count). The van der Waals surface area contributed by atoms with Gasteiger partial charge in [-0.15, -0.1) is 0 Å². The van der Waals surface area contributed by atoms with Gasteiger partial charge in [-0.2, -0.15) is 0 Å². The van der Waals surface area contributed by atoms with Crippen molar-refractivity contribution in [2.45, 2.75) is 0 Å². The summed E-state index contributed by atoms with van der Waals surface area (Å²) in [6, 6.07) is 8.97. The van der Waals surface area contributed by atoms with Crippen molar-refractivity contribution >= 4 is 11.6 Å². The summed E-state index contributed by atoms with van der Waals surface area (Å²) in [6.07, 6.45) is 0. The number of hydrogen-bond acceptors (Lipinski definition) is 5. The lowest BCUT2D eigenvalue weighted by molar-refractivity contribution is 0.101. The molecule has 1 amide bonds. The van der Waals surface area contributed by atoms with Gasteiger partial charge in [-0.05, 0) is 24.3 Å². The van der Waals surface area contributed by atoms with Crippen LogP contribution in [-0.4, -0.2) is 39.4 Å². The third kappa shape index (κ3) is 4.00. The second kappa shape index (κ2) is 7.85. The maximum Gasteiger partial charge on any atom is 0.259 e. The van der Waals surface area contributed by atoms with Crippen molar-refractivity contribution in [1.29, 1.82) is 0 Å². The van der Waals surface area contributed by atoms with E-state index in [4.69, 9.17) is 18.9 Å². The molecule has 1 aliphatic heterocycles. The standard InChI is InChI=1S/C18H18FNO5/c1-22-7-8-23-15-6-5-12(19)11-14(15)20-18(21)13-3-2-4-16-17(13)25-10-9-24-16/h2-6,11H,7-10H2,1H3,(H,20,21). The molecule has 1 heterocycles. The second-order valence-corrected chi connectivity index (χ2v) is 5.27. The number of amides is 1. The van der Waals surface area contributed by atoms with E-state index in [0.29, 0.717) is 42.6 Å². The van der Waals surface area contributed by atoms with Crippen LogP contribution in [0.4, 0.5) is 10.1 Å². The predicted molar refractivity (Wildman–Crippen MR) is 89.2 cm³/mol. The molecule has 0 saturated heterocycles. The van der Waals surface area contributed by atoms with E-state index in [2.05, 4.69) is 5.32 Å². The predicted octanol–water partition coefficient (Wildman–Crippen LogP) is 2.87.